The number of anilines is 2. The average molecular weight is 201 g/mol. The fraction of sp³-hybridized carbons (Fsp3) is 0.250. The number of nitrogens with zero attached hydrogens (tertiary/aromatic N) is 1. The lowest BCUT2D eigenvalue weighted by Crippen LogP contribution is -2.04. The Hall–Kier alpha value is -1.77. The van der Waals surface area contributed by atoms with Crippen molar-refractivity contribution >= 4 is 22.3 Å². The van der Waals surface area contributed by atoms with Gasteiger partial charge in [-0.25, -0.2) is 0 Å². The van der Waals surface area contributed by atoms with Crippen LogP contribution in [-0.2, 0) is 0 Å². The van der Waals surface area contributed by atoms with Crippen molar-refractivity contribution in [1.82, 2.24) is 4.98 Å². The van der Waals surface area contributed by atoms with Crippen molar-refractivity contribution in [2.75, 3.05) is 17.6 Å². The molecule has 3 nitrogen and oxygen atoms in total. The summed E-state index contributed by atoms with van der Waals surface area (Å²) in [5.74, 6) is 0. The van der Waals surface area contributed by atoms with Gasteiger partial charge in [0, 0.05) is 11.9 Å². The maximum absolute atomic E-state index is 5.90. The maximum atomic E-state index is 5.90. The molecule has 1 heterocycles. The molecule has 1 aromatic heterocycles. The van der Waals surface area contributed by atoms with Crippen LogP contribution in [-0.4, -0.2) is 11.5 Å². The van der Waals surface area contributed by atoms with Gasteiger partial charge in [-0.15, -0.1) is 0 Å². The standard InChI is InChI=1S/C12H15N3/c1-2-7-14-12-9-5-3-4-6-11(9)15-8-10(12)13/h3-6,8H,2,7,13H2,1H3,(H,14,15). The summed E-state index contributed by atoms with van der Waals surface area (Å²) >= 11 is 0. The Labute approximate surface area is 89.3 Å². The lowest BCUT2D eigenvalue weighted by molar-refractivity contribution is 0.981. The topological polar surface area (TPSA) is 50.9 Å². The Kier molecular flexibility index (Phi) is 2.72. The van der Waals surface area contributed by atoms with Crippen LogP contribution in [0.5, 0.6) is 0 Å². The minimum absolute atomic E-state index is 0.710. The lowest BCUT2D eigenvalue weighted by Gasteiger charge is -2.10. The minimum Gasteiger partial charge on any atom is -0.396 e. The molecular formula is C12H15N3. The Morgan fingerprint density at radius 1 is 1.33 bits per heavy atom. The summed E-state index contributed by atoms with van der Waals surface area (Å²) in [7, 11) is 0. The number of nitrogens with two attached hydrogens (primary N) is 1. The van der Waals surface area contributed by atoms with Gasteiger partial charge in [-0.3, -0.25) is 4.98 Å². The Balaban J connectivity index is 2.53. The van der Waals surface area contributed by atoms with Gasteiger partial charge in [0.2, 0.25) is 0 Å². The van der Waals surface area contributed by atoms with Crippen LogP contribution in [0.2, 0.25) is 0 Å². The normalized spacial score (nSPS) is 10.5. The highest BCUT2D eigenvalue weighted by molar-refractivity contribution is 5.96. The van der Waals surface area contributed by atoms with Crippen LogP contribution in [0.3, 0.4) is 0 Å². The third-order valence-electron chi connectivity index (χ3n) is 2.36. The number of nitrogens with one attached hydrogen (secondary N) is 1. The van der Waals surface area contributed by atoms with E-state index >= 15 is 0 Å². The zero-order valence-electron chi connectivity index (χ0n) is 8.83. The summed E-state index contributed by atoms with van der Waals surface area (Å²) in [6.07, 6.45) is 2.79. The molecular weight excluding hydrogens is 186 g/mol. The second-order valence-corrected chi connectivity index (χ2v) is 3.53. The number of nitrogen functional groups attached to an aromatic ring is 1. The first-order valence-electron chi connectivity index (χ1n) is 5.20. The molecule has 0 amide bonds. The predicted octanol–water partition coefficient (Wildman–Crippen LogP) is 2.64. The van der Waals surface area contributed by atoms with Crippen LogP contribution < -0.4 is 11.1 Å². The SMILES string of the molecule is CCCNc1c(N)cnc2ccccc12. The van der Waals surface area contributed by atoms with Crippen LogP contribution in [0.4, 0.5) is 11.4 Å². The van der Waals surface area contributed by atoms with E-state index in [2.05, 4.69) is 17.2 Å². The molecule has 0 spiro atoms. The second kappa shape index (κ2) is 4.17. The first kappa shape index (κ1) is 9.77. The van der Waals surface area contributed by atoms with E-state index in [1.54, 1.807) is 6.20 Å². The summed E-state index contributed by atoms with van der Waals surface area (Å²) < 4.78 is 0. The van der Waals surface area contributed by atoms with Gasteiger partial charge in [-0.1, -0.05) is 25.1 Å². The molecule has 0 saturated carbocycles. The summed E-state index contributed by atoms with van der Waals surface area (Å²) in [5, 5.41) is 4.43. The van der Waals surface area contributed by atoms with Crippen molar-refractivity contribution in [3.8, 4) is 0 Å². The number of fused-ring (bicyclic) bond motifs is 1. The molecule has 0 atom stereocenters. The highest BCUT2D eigenvalue weighted by atomic mass is 14.9. The molecule has 1 aromatic carbocycles. The molecule has 2 rings (SSSR count). The van der Waals surface area contributed by atoms with Gasteiger partial charge >= 0.3 is 0 Å². The quantitative estimate of drug-likeness (QED) is 0.802. The molecule has 0 radical (unpaired) electrons. The Morgan fingerprint density at radius 3 is 2.93 bits per heavy atom. The average Bonchev–Trinajstić information content (AvgIpc) is 2.28. The van der Waals surface area contributed by atoms with E-state index in [1.165, 1.54) is 0 Å². The minimum atomic E-state index is 0.710. The number of pyridine rings is 1. The van der Waals surface area contributed by atoms with Crippen LogP contribution in [0.15, 0.2) is 30.5 Å². The van der Waals surface area contributed by atoms with E-state index in [0.29, 0.717) is 5.69 Å². The highest BCUT2D eigenvalue weighted by Crippen LogP contribution is 2.27. The first-order valence-corrected chi connectivity index (χ1v) is 5.20. The van der Waals surface area contributed by atoms with Crippen LogP contribution in [0.25, 0.3) is 10.9 Å². The fourth-order valence-corrected chi connectivity index (χ4v) is 1.60. The number of hydrogen-bond acceptors (Lipinski definition) is 3. The molecule has 3 heteroatoms. The van der Waals surface area contributed by atoms with Gasteiger partial charge in [0.1, 0.15) is 0 Å². The number of hydrogen-bond donors (Lipinski definition) is 2. The zero-order chi connectivity index (χ0) is 10.7. The molecule has 0 bridgehead atoms. The number of para-hydroxylation sites is 1. The van der Waals surface area contributed by atoms with E-state index in [-0.39, 0.29) is 0 Å². The molecule has 0 unspecified atom stereocenters. The molecule has 0 aliphatic heterocycles. The Morgan fingerprint density at radius 2 is 2.13 bits per heavy atom. The van der Waals surface area contributed by atoms with Gasteiger partial charge in [0.25, 0.3) is 0 Å². The van der Waals surface area contributed by atoms with Crippen molar-refractivity contribution in [1.29, 1.82) is 0 Å². The molecule has 2 aromatic rings. The summed E-state index contributed by atoms with van der Waals surface area (Å²) in [6, 6.07) is 8.01. The van der Waals surface area contributed by atoms with Gasteiger partial charge in [0.05, 0.1) is 23.1 Å². The monoisotopic (exact) mass is 201 g/mol. The van der Waals surface area contributed by atoms with Crippen LogP contribution in [0.1, 0.15) is 13.3 Å². The first-order chi connectivity index (χ1) is 7.33. The van der Waals surface area contributed by atoms with E-state index in [1.807, 2.05) is 24.3 Å². The third kappa shape index (κ3) is 1.86. The summed E-state index contributed by atoms with van der Waals surface area (Å²) in [5.41, 5.74) is 8.59. The predicted molar refractivity (Wildman–Crippen MR) is 64.9 cm³/mol. The van der Waals surface area contributed by atoms with Crippen molar-refractivity contribution < 1.29 is 0 Å². The van der Waals surface area contributed by atoms with Crippen molar-refractivity contribution in [2.24, 2.45) is 0 Å². The largest absolute Gasteiger partial charge is 0.396 e. The zero-order valence-corrected chi connectivity index (χ0v) is 8.83. The van der Waals surface area contributed by atoms with Gasteiger partial charge in [-0.05, 0) is 12.5 Å². The van der Waals surface area contributed by atoms with Crippen molar-refractivity contribution in [3.63, 3.8) is 0 Å². The van der Waals surface area contributed by atoms with Crippen LogP contribution >= 0.6 is 0 Å². The number of rotatable bonds is 3. The summed E-state index contributed by atoms with van der Waals surface area (Å²) in [6.45, 7) is 3.06. The Bertz CT molecular complexity index is 465. The molecule has 78 valence electrons. The molecule has 0 aliphatic carbocycles. The van der Waals surface area contributed by atoms with Gasteiger partial charge in [0.15, 0.2) is 0 Å². The van der Waals surface area contributed by atoms with E-state index < -0.39 is 0 Å². The molecule has 0 aliphatic rings. The third-order valence-corrected chi connectivity index (χ3v) is 2.36. The van der Waals surface area contributed by atoms with E-state index in [4.69, 9.17) is 5.73 Å². The van der Waals surface area contributed by atoms with E-state index in [9.17, 15) is 0 Å². The molecule has 0 fully saturated rings. The second-order valence-electron chi connectivity index (χ2n) is 3.53. The molecule has 3 N–H and O–H groups in total. The number of aromatic nitrogens is 1. The fourth-order valence-electron chi connectivity index (χ4n) is 1.60. The highest BCUT2D eigenvalue weighted by Gasteiger charge is 2.04. The number of benzene rings is 1. The summed E-state index contributed by atoms with van der Waals surface area (Å²) in [4.78, 5) is 4.28. The molecule has 15 heavy (non-hydrogen) atoms. The van der Waals surface area contributed by atoms with Gasteiger partial charge in [-0.2, -0.15) is 0 Å². The van der Waals surface area contributed by atoms with Crippen molar-refractivity contribution in [3.05, 3.63) is 30.5 Å². The smallest absolute Gasteiger partial charge is 0.0743 e. The van der Waals surface area contributed by atoms with Gasteiger partial charge < -0.3 is 11.1 Å². The van der Waals surface area contributed by atoms with E-state index in [0.717, 1.165) is 29.6 Å². The van der Waals surface area contributed by atoms with Crippen LogP contribution in [0, 0.1) is 0 Å². The maximum Gasteiger partial charge on any atom is 0.0743 e. The van der Waals surface area contributed by atoms with Crippen molar-refractivity contribution in [2.45, 2.75) is 13.3 Å². The molecule has 0 saturated heterocycles. The lowest BCUT2D eigenvalue weighted by atomic mass is 10.1.